The Labute approximate surface area is 200 Å². The molecular weight excluding hydrogens is 475 g/mol. The van der Waals surface area contributed by atoms with E-state index in [1.54, 1.807) is 18.3 Å². The van der Waals surface area contributed by atoms with Gasteiger partial charge in [-0.3, -0.25) is 4.79 Å². The van der Waals surface area contributed by atoms with Crippen molar-refractivity contribution in [3.05, 3.63) is 98.5 Å². The van der Waals surface area contributed by atoms with Gasteiger partial charge in [-0.2, -0.15) is 5.10 Å². The van der Waals surface area contributed by atoms with Crippen molar-refractivity contribution in [2.75, 3.05) is 5.75 Å². The van der Waals surface area contributed by atoms with Crippen molar-refractivity contribution < 1.29 is 9.53 Å². The standard InChI is InChI=1S/C23H19Cl3N2O2S/c24-19-6-1-17(2-7-19)14-31-15-23(29)28-27-12-16-3-9-21(10-4-16)30-13-18-5-8-20(25)11-22(18)26/h1-12H,13-15H2,(H,28,29)/b27-12-. The smallest absolute Gasteiger partial charge is 0.250 e. The summed E-state index contributed by atoms with van der Waals surface area (Å²) in [6.07, 6.45) is 1.58. The predicted octanol–water partition coefficient (Wildman–Crippen LogP) is 6.61. The molecule has 0 saturated carbocycles. The Bertz CT molecular complexity index is 1040. The summed E-state index contributed by atoms with van der Waals surface area (Å²) < 4.78 is 5.75. The van der Waals surface area contributed by atoms with E-state index >= 15 is 0 Å². The van der Waals surface area contributed by atoms with Gasteiger partial charge in [0, 0.05) is 26.4 Å². The molecule has 0 saturated heterocycles. The maximum absolute atomic E-state index is 11.9. The van der Waals surface area contributed by atoms with E-state index in [9.17, 15) is 4.79 Å². The number of carbonyl (C=O) groups excluding carboxylic acids is 1. The van der Waals surface area contributed by atoms with E-state index < -0.39 is 0 Å². The Morgan fingerprint density at radius 2 is 1.68 bits per heavy atom. The molecule has 0 fully saturated rings. The van der Waals surface area contributed by atoms with Crippen LogP contribution in [0.15, 0.2) is 71.8 Å². The van der Waals surface area contributed by atoms with Crippen molar-refractivity contribution in [2.45, 2.75) is 12.4 Å². The van der Waals surface area contributed by atoms with Crippen molar-refractivity contribution in [1.82, 2.24) is 5.43 Å². The Morgan fingerprint density at radius 1 is 0.968 bits per heavy atom. The number of rotatable bonds is 9. The number of hydrazone groups is 1. The minimum atomic E-state index is -0.157. The number of hydrogen-bond acceptors (Lipinski definition) is 4. The molecule has 3 aromatic carbocycles. The van der Waals surface area contributed by atoms with E-state index in [4.69, 9.17) is 39.5 Å². The Kier molecular flexibility index (Phi) is 9.10. The summed E-state index contributed by atoms with van der Waals surface area (Å²) in [5, 5.41) is 5.85. The molecular formula is C23H19Cl3N2O2S. The molecule has 4 nitrogen and oxygen atoms in total. The van der Waals surface area contributed by atoms with Crippen LogP contribution in [0.5, 0.6) is 5.75 Å². The molecule has 31 heavy (non-hydrogen) atoms. The molecule has 0 bridgehead atoms. The number of amides is 1. The lowest BCUT2D eigenvalue weighted by Crippen LogP contribution is -2.19. The minimum absolute atomic E-state index is 0.157. The Balaban J connectivity index is 1.39. The number of nitrogens with zero attached hydrogens (tertiary/aromatic N) is 1. The summed E-state index contributed by atoms with van der Waals surface area (Å²) in [6.45, 7) is 0.340. The number of benzene rings is 3. The average Bonchev–Trinajstić information content (AvgIpc) is 2.75. The van der Waals surface area contributed by atoms with E-state index in [0.717, 1.165) is 22.4 Å². The molecule has 0 unspecified atom stereocenters. The van der Waals surface area contributed by atoms with Gasteiger partial charge in [-0.25, -0.2) is 5.43 Å². The molecule has 0 heterocycles. The SMILES string of the molecule is O=C(CSCc1ccc(Cl)cc1)N/N=C\c1ccc(OCc2ccc(Cl)cc2Cl)cc1. The molecule has 160 valence electrons. The third-order valence-electron chi connectivity index (χ3n) is 4.11. The fourth-order valence-electron chi connectivity index (χ4n) is 2.50. The second kappa shape index (κ2) is 12.0. The summed E-state index contributed by atoms with van der Waals surface area (Å²) in [7, 11) is 0. The number of thioether (sulfide) groups is 1. The Morgan fingerprint density at radius 3 is 2.39 bits per heavy atom. The molecule has 0 aliphatic heterocycles. The van der Waals surface area contributed by atoms with Gasteiger partial charge in [0.1, 0.15) is 12.4 Å². The maximum atomic E-state index is 11.9. The van der Waals surface area contributed by atoms with Gasteiger partial charge in [-0.15, -0.1) is 11.8 Å². The zero-order valence-corrected chi connectivity index (χ0v) is 19.4. The normalized spacial score (nSPS) is 10.9. The second-order valence-corrected chi connectivity index (χ2v) is 8.77. The number of nitrogens with one attached hydrogen (secondary N) is 1. The first-order chi connectivity index (χ1) is 15.0. The van der Waals surface area contributed by atoms with Gasteiger partial charge in [0.25, 0.3) is 0 Å². The van der Waals surface area contributed by atoms with Crippen molar-refractivity contribution in [3.8, 4) is 5.75 Å². The Hall–Kier alpha value is -2.18. The van der Waals surface area contributed by atoms with Gasteiger partial charge in [0.2, 0.25) is 5.91 Å². The van der Waals surface area contributed by atoms with Crippen molar-refractivity contribution in [2.24, 2.45) is 5.10 Å². The molecule has 0 aliphatic carbocycles. The number of hydrogen-bond donors (Lipinski definition) is 1. The zero-order valence-electron chi connectivity index (χ0n) is 16.4. The molecule has 0 spiro atoms. The van der Waals surface area contributed by atoms with Crippen LogP contribution in [0.4, 0.5) is 0 Å². The highest BCUT2D eigenvalue weighted by Crippen LogP contribution is 2.23. The molecule has 0 atom stereocenters. The third-order valence-corrected chi connectivity index (χ3v) is 5.95. The van der Waals surface area contributed by atoms with E-state index in [1.807, 2.05) is 54.6 Å². The highest BCUT2D eigenvalue weighted by atomic mass is 35.5. The highest BCUT2D eigenvalue weighted by molar-refractivity contribution is 7.99. The highest BCUT2D eigenvalue weighted by Gasteiger charge is 2.03. The van der Waals surface area contributed by atoms with Gasteiger partial charge < -0.3 is 4.74 Å². The van der Waals surface area contributed by atoms with Crippen LogP contribution in [-0.4, -0.2) is 17.9 Å². The quantitative estimate of drug-likeness (QED) is 0.269. The summed E-state index contributed by atoms with van der Waals surface area (Å²) in [6, 6.07) is 20.2. The fraction of sp³-hybridized carbons (Fsp3) is 0.130. The van der Waals surface area contributed by atoms with Crippen LogP contribution in [0.2, 0.25) is 15.1 Å². The average molecular weight is 494 g/mol. The monoisotopic (exact) mass is 492 g/mol. The molecule has 0 aliphatic rings. The van der Waals surface area contributed by atoms with Gasteiger partial charge in [0.05, 0.1) is 12.0 Å². The van der Waals surface area contributed by atoms with E-state index in [2.05, 4.69) is 10.5 Å². The van der Waals surface area contributed by atoms with Crippen LogP contribution >= 0.6 is 46.6 Å². The molecule has 0 aromatic heterocycles. The van der Waals surface area contributed by atoms with Crippen molar-refractivity contribution >= 4 is 58.7 Å². The van der Waals surface area contributed by atoms with E-state index in [0.29, 0.717) is 33.2 Å². The largest absolute Gasteiger partial charge is 0.489 e. The van der Waals surface area contributed by atoms with E-state index in [-0.39, 0.29) is 5.91 Å². The summed E-state index contributed by atoms with van der Waals surface area (Å²) >= 11 is 19.4. The van der Waals surface area contributed by atoms with Crippen LogP contribution in [0, 0.1) is 0 Å². The molecule has 0 radical (unpaired) electrons. The van der Waals surface area contributed by atoms with E-state index in [1.165, 1.54) is 11.8 Å². The summed E-state index contributed by atoms with van der Waals surface area (Å²) in [5.41, 5.74) is 5.34. The van der Waals surface area contributed by atoms with Crippen LogP contribution in [0.25, 0.3) is 0 Å². The number of halogens is 3. The van der Waals surface area contributed by atoms with Crippen molar-refractivity contribution in [1.29, 1.82) is 0 Å². The summed E-state index contributed by atoms with van der Waals surface area (Å²) in [4.78, 5) is 11.9. The second-order valence-electron chi connectivity index (χ2n) is 6.51. The van der Waals surface area contributed by atoms with Gasteiger partial charge in [0.15, 0.2) is 0 Å². The minimum Gasteiger partial charge on any atom is -0.489 e. The fourth-order valence-corrected chi connectivity index (χ4v) is 3.87. The molecule has 8 heteroatoms. The molecule has 1 N–H and O–H groups in total. The number of carbonyl (C=O) groups is 1. The first kappa shape index (κ1) is 23.5. The first-order valence-electron chi connectivity index (χ1n) is 9.30. The van der Waals surface area contributed by atoms with Gasteiger partial charge >= 0.3 is 0 Å². The lowest BCUT2D eigenvalue weighted by atomic mass is 10.2. The van der Waals surface area contributed by atoms with Crippen molar-refractivity contribution in [3.63, 3.8) is 0 Å². The maximum Gasteiger partial charge on any atom is 0.250 e. The van der Waals surface area contributed by atoms with Crippen LogP contribution < -0.4 is 10.2 Å². The lowest BCUT2D eigenvalue weighted by molar-refractivity contribution is -0.118. The summed E-state index contributed by atoms with van der Waals surface area (Å²) in [5.74, 6) is 1.59. The first-order valence-corrected chi connectivity index (χ1v) is 11.6. The predicted molar refractivity (Wildman–Crippen MR) is 131 cm³/mol. The lowest BCUT2D eigenvalue weighted by Gasteiger charge is -2.08. The van der Waals surface area contributed by atoms with Crippen LogP contribution in [-0.2, 0) is 17.2 Å². The zero-order chi connectivity index (χ0) is 22.1. The molecule has 1 amide bonds. The molecule has 3 rings (SSSR count). The third kappa shape index (κ3) is 8.11. The molecule has 3 aromatic rings. The van der Waals surface area contributed by atoms with Gasteiger partial charge in [-0.05, 0) is 59.7 Å². The van der Waals surface area contributed by atoms with Crippen LogP contribution in [0.3, 0.4) is 0 Å². The number of ether oxygens (including phenoxy) is 1. The van der Waals surface area contributed by atoms with Crippen LogP contribution in [0.1, 0.15) is 16.7 Å². The topological polar surface area (TPSA) is 50.7 Å². The van der Waals surface area contributed by atoms with Gasteiger partial charge in [-0.1, -0.05) is 53.0 Å².